The van der Waals surface area contributed by atoms with E-state index < -0.39 is 0 Å². The zero-order valence-corrected chi connectivity index (χ0v) is 16.0. The van der Waals surface area contributed by atoms with Crippen molar-refractivity contribution in [3.8, 4) is 0 Å². The predicted molar refractivity (Wildman–Crippen MR) is 109 cm³/mol. The molecule has 4 rings (SSSR count). The lowest BCUT2D eigenvalue weighted by Gasteiger charge is -2.19. The second kappa shape index (κ2) is 7.53. The normalized spacial score (nSPS) is 11.5. The second-order valence-electron chi connectivity index (χ2n) is 6.49. The Labute approximate surface area is 165 Å². The second-order valence-corrected chi connectivity index (χ2v) is 6.93. The quantitative estimate of drug-likeness (QED) is 0.561. The highest BCUT2D eigenvalue weighted by atomic mass is 35.5. The van der Waals surface area contributed by atoms with E-state index in [0.717, 1.165) is 0 Å². The van der Waals surface area contributed by atoms with E-state index in [1.807, 2.05) is 25.1 Å². The molecule has 0 aliphatic carbocycles. The number of rotatable bonds is 5. The Morgan fingerprint density at radius 2 is 1.93 bits per heavy atom. The molecular weight excluding hydrogens is 378 g/mol. The number of para-hydroxylation sites is 1. The number of nitrogens with zero attached hydrogens (tertiary/aromatic N) is 4. The first-order valence-electron chi connectivity index (χ1n) is 8.91. The molecule has 0 unspecified atom stereocenters. The van der Waals surface area contributed by atoms with Crippen molar-refractivity contribution in [2.24, 2.45) is 0 Å². The van der Waals surface area contributed by atoms with Crippen LogP contribution in [0, 0.1) is 0 Å². The number of aromatic amines is 1. The fourth-order valence-electron chi connectivity index (χ4n) is 3.14. The van der Waals surface area contributed by atoms with Crippen LogP contribution in [0.1, 0.15) is 18.4 Å². The third-order valence-corrected chi connectivity index (χ3v) is 4.77. The van der Waals surface area contributed by atoms with Crippen LogP contribution in [0.25, 0.3) is 16.6 Å². The Morgan fingerprint density at radius 3 is 2.75 bits per heavy atom. The van der Waals surface area contributed by atoms with Crippen LogP contribution >= 0.6 is 11.6 Å². The third-order valence-electron chi connectivity index (χ3n) is 4.54. The van der Waals surface area contributed by atoms with E-state index in [-0.39, 0.29) is 11.1 Å². The monoisotopic (exact) mass is 395 g/mol. The molecule has 0 radical (unpaired) electrons. The Kier molecular flexibility index (Phi) is 4.93. The molecule has 8 heteroatoms. The smallest absolute Gasteiger partial charge is 0.258 e. The van der Waals surface area contributed by atoms with E-state index in [1.165, 1.54) is 10.5 Å². The summed E-state index contributed by atoms with van der Waals surface area (Å²) in [6, 6.07) is 12.2. The molecular formula is C20H18ClN5O2. The minimum Gasteiger partial charge on any atom is -0.309 e. The van der Waals surface area contributed by atoms with Crippen LogP contribution in [0.3, 0.4) is 0 Å². The molecule has 4 aromatic rings. The number of pyridine rings is 1. The van der Waals surface area contributed by atoms with Gasteiger partial charge in [0, 0.05) is 18.8 Å². The maximum atomic E-state index is 12.4. The van der Waals surface area contributed by atoms with E-state index in [4.69, 9.17) is 11.6 Å². The molecule has 0 aliphatic heterocycles. The number of H-pyrrole nitrogens is 1. The summed E-state index contributed by atoms with van der Waals surface area (Å²) in [7, 11) is 0. The third kappa shape index (κ3) is 3.67. The van der Waals surface area contributed by atoms with Gasteiger partial charge in [-0.05, 0) is 30.8 Å². The highest BCUT2D eigenvalue weighted by molar-refractivity contribution is 6.30. The molecule has 3 aromatic heterocycles. The maximum Gasteiger partial charge on any atom is 0.258 e. The van der Waals surface area contributed by atoms with E-state index >= 15 is 0 Å². The van der Waals surface area contributed by atoms with Crippen molar-refractivity contribution in [2.75, 3.05) is 6.54 Å². The summed E-state index contributed by atoms with van der Waals surface area (Å²) in [5.41, 5.74) is 1.51. The van der Waals surface area contributed by atoms with Gasteiger partial charge >= 0.3 is 0 Å². The van der Waals surface area contributed by atoms with Gasteiger partial charge in [-0.3, -0.25) is 18.9 Å². The largest absolute Gasteiger partial charge is 0.309 e. The topological polar surface area (TPSA) is 83.4 Å². The fraction of sp³-hybridized carbons (Fsp3) is 0.200. The predicted octanol–water partition coefficient (Wildman–Crippen LogP) is 2.61. The van der Waals surface area contributed by atoms with Crippen molar-refractivity contribution in [1.82, 2.24) is 24.3 Å². The first kappa shape index (κ1) is 18.3. The van der Waals surface area contributed by atoms with Gasteiger partial charge < -0.3 is 4.98 Å². The van der Waals surface area contributed by atoms with Gasteiger partial charge in [0.1, 0.15) is 11.5 Å². The maximum absolute atomic E-state index is 12.4. The number of nitrogens with one attached hydrogen (secondary N) is 1. The van der Waals surface area contributed by atoms with E-state index in [0.29, 0.717) is 52.7 Å². The first-order chi connectivity index (χ1) is 13.5. The molecule has 0 amide bonds. The van der Waals surface area contributed by atoms with E-state index in [1.54, 1.807) is 24.4 Å². The highest BCUT2D eigenvalue weighted by Gasteiger charge is 2.11. The van der Waals surface area contributed by atoms with Gasteiger partial charge in [0.15, 0.2) is 0 Å². The zero-order chi connectivity index (χ0) is 19.7. The number of halogens is 1. The summed E-state index contributed by atoms with van der Waals surface area (Å²) in [4.78, 5) is 38.6. The molecule has 0 spiro atoms. The Hall–Kier alpha value is -3.03. The average Bonchev–Trinajstić information content (AvgIpc) is 2.68. The van der Waals surface area contributed by atoms with Crippen molar-refractivity contribution in [3.05, 3.63) is 85.9 Å². The molecule has 0 fully saturated rings. The van der Waals surface area contributed by atoms with Crippen molar-refractivity contribution in [2.45, 2.75) is 20.0 Å². The van der Waals surface area contributed by atoms with Crippen LogP contribution in [0.15, 0.2) is 58.3 Å². The summed E-state index contributed by atoms with van der Waals surface area (Å²) in [6.07, 6.45) is 1.55. The van der Waals surface area contributed by atoms with E-state index in [2.05, 4.69) is 19.9 Å². The molecule has 7 nitrogen and oxygen atoms in total. The van der Waals surface area contributed by atoms with Crippen LogP contribution in [0.4, 0.5) is 0 Å². The van der Waals surface area contributed by atoms with Crippen molar-refractivity contribution in [3.63, 3.8) is 0 Å². The minimum atomic E-state index is -0.184. The first-order valence-corrected chi connectivity index (χ1v) is 9.29. The molecule has 0 bridgehead atoms. The Bertz CT molecular complexity index is 1280. The number of fused-ring (bicyclic) bond motifs is 2. The molecule has 0 aliphatic rings. The van der Waals surface area contributed by atoms with Gasteiger partial charge in [0.05, 0.1) is 28.2 Å². The SMILES string of the molecule is CCN(Cc1cc(=O)n2cc(Cl)ccc2n1)Cc1nc2ccccc2c(=O)[nH]1. The minimum absolute atomic E-state index is 0.157. The Balaban J connectivity index is 1.62. The average molecular weight is 396 g/mol. The van der Waals surface area contributed by atoms with Crippen molar-refractivity contribution < 1.29 is 0 Å². The molecule has 28 heavy (non-hydrogen) atoms. The van der Waals surface area contributed by atoms with Crippen LogP contribution in [0.5, 0.6) is 0 Å². The van der Waals surface area contributed by atoms with Crippen molar-refractivity contribution >= 4 is 28.2 Å². The molecule has 0 saturated heterocycles. The summed E-state index contributed by atoms with van der Waals surface area (Å²) < 4.78 is 1.42. The molecule has 1 N–H and O–H groups in total. The lowest BCUT2D eigenvalue weighted by molar-refractivity contribution is 0.261. The van der Waals surface area contributed by atoms with Crippen LogP contribution in [-0.2, 0) is 13.1 Å². The molecule has 142 valence electrons. The standard InChI is InChI=1S/C20H18ClN5O2/c1-2-25(12-17-23-16-6-4-3-5-15(16)20(28)24-17)11-14-9-19(27)26-10-13(21)7-8-18(26)22-14/h3-10H,2,11-12H2,1H3,(H,23,24,28). The van der Waals surface area contributed by atoms with E-state index in [9.17, 15) is 9.59 Å². The number of hydrogen-bond donors (Lipinski definition) is 1. The molecule has 0 saturated carbocycles. The highest BCUT2D eigenvalue weighted by Crippen LogP contribution is 2.11. The number of aromatic nitrogens is 4. The van der Waals surface area contributed by atoms with Gasteiger partial charge in [0.25, 0.3) is 11.1 Å². The fourth-order valence-corrected chi connectivity index (χ4v) is 3.30. The molecule has 3 heterocycles. The van der Waals surface area contributed by atoms with Crippen molar-refractivity contribution in [1.29, 1.82) is 0 Å². The summed E-state index contributed by atoms with van der Waals surface area (Å²) in [5.74, 6) is 0.579. The zero-order valence-electron chi connectivity index (χ0n) is 15.2. The summed E-state index contributed by atoms with van der Waals surface area (Å²) in [6.45, 7) is 3.62. The lowest BCUT2D eigenvalue weighted by atomic mass is 10.2. The van der Waals surface area contributed by atoms with Crippen LogP contribution in [-0.4, -0.2) is 30.8 Å². The Morgan fingerprint density at radius 1 is 1.11 bits per heavy atom. The van der Waals surface area contributed by atoms with Gasteiger partial charge in [-0.15, -0.1) is 0 Å². The van der Waals surface area contributed by atoms with Crippen LogP contribution < -0.4 is 11.1 Å². The van der Waals surface area contributed by atoms with Gasteiger partial charge in [-0.25, -0.2) is 9.97 Å². The number of benzene rings is 1. The molecule has 1 aromatic carbocycles. The van der Waals surface area contributed by atoms with Gasteiger partial charge in [-0.1, -0.05) is 30.7 Å². The lowest BCUT2D eigenvalue weighted by Crippen LogP contribution is -2.27. The van der Waals surface area contributed by atoms with Gasteiger partial charge in [0.2, 0.25) is 0 Å². The summed E-state index contributed by atoms with van der Waals surface area (Å²) in [5, 5.41) is 1.04. The number of hydrogen-bond acceptors (Lipinski definition) is 5. The van der Waals surface area contributed by atoms with Gasteiger partial charge in [-0.2, -0.15) is 0 Å². The van der Waals surface area contributed by atoms with Crippen LogP contribution in [0.2, 0.25) is 5.02 Å². The summed E-state index contributed by atoms with van der Waals surface area (Å²) >= 11 is 5.95. The molecule has 0 atom stereocenters.